The van der Waals surface area contributed by atoms with E-state index in [2.05, 4.69) is 47.4 Å². The number of carbonyl (C=O) groups excluding carboxylic acids is 7. The molecule has 0 heterocycles. The van der Waals surface area contributed by atoms with Crippen molar-refractivity contribution in [2.75, 3.05) is 60.1 Å². The first-order chi connectivity index (χ1) is 67.4. The number of carboxylic acid groups (broad SMARTS) is 6. The fraction of sp³-hybridized carbons (Fsp3) is 0.193. The first-order valence-corrected chi connectivity index (χ1v) is 44.1. The third-order valence-corrected chi connectivity index (χ3v) is 20.5. The second-order valence-electron chi connectivity index (χ2n) is 30.8. The molecule has 5 amide bonds. The molecule has 12 rings (SSSR count). The maximum Gasteiger partial charge on any atom is 0.337 e. The van der Waals surface area contributed by atoms with Crippen molar-refractivity contribution >= 4 is 105 Å². The number of nitrogens with one attached hydrogen (secondary N) is 5. The van der Waals surface area contributed by atoms with Crippen LogP contribution in [0.1, 0.15) is 241 Å². The van der Waals surface area contributed by atoms with Crippen LogP contribution in [0.4, 0.5) is 28.4 Å². The number of aliphatic hydroxyl groups is 1. The Balaban J connectivity index is 0.000000228. The summed E-state index contributed by atoms with van der Waals surface area (Å²) in [5.41, 5.74) is 7.88. The topological polar surface area (TPSA) is 523 Å². The molecule has 0 aliphatic carbocycles. The highest BCUT2D eigenvalue weighted by molar-refractivity contribution is 6.15. The van der Waals surface area contributed by atoms with Crippen molar-refractivity contribution in [3.63, 3.8) is 0 Å². The summed E-state index contributed by atoms with van der Waals surface area (Å²) in [5.74, 6) is -8.69. The average Bonchev–Trinajstić information content (AvgIpc) is 0.825. The molecule has 0 saturated heterocycles. The van der Waals surface area contributed by atoms with Crippen molar-refractivity contribution in [1.82, 2.24) is 0 Å². The van der Waals surface area contributed by atoms with E-state index in [4.69, 9.17) is 50.4 Å². The van der Waals surface area contributed by atoms with Crippen LogP contribution in [0.15, 0.2) is 273 Å². The molecule has 12 aromatic carbocycles. The normalized spacial score (nSPS) is 10.1. The minimum absolute atomic E-state index is 0.0246. The highest BCUT2D eigenvalue weighted by atomic mass is 16.5. The van der Waals surface area contributed by atoms with Crippen LogP contribution in [0.3, 0.4) is 0 Å². The molecule has 0 bridgehead atoms. The quantitative estimate of drug-likeness (QED) is 0.0126. The number of nitrogens with zero attached hydrogens (tertiary/aromatic N) is 3. The van der Waals surface area contributed by atoms with Crippen LogP contribution in [0, 0.1) is 34.0 Å². The molecule has 12 N–H and O–H groups in total. The van der Waals surface area contributed by atoms with E-state index in [9.17, 15) is 77.6 Å². The van der Waals surface area contributed by atoms with E-state index < -0.39 is 65.4 Å². The standard InChI is InChI=1S/3C19H18N2O3.C18H17NO4.C18H18O5.C16H15NO5/c1-2-3-5-13-8-10-15(11-9-13)21-18(22)17-14(12-20)6-4-7-16(17)19(23)24;1-2-3-5-13-8-10-15(11-9-13)21-18(22)16-7-4-6-14(12-20)17(16)19(23)24;1-2-3-4-13-5-8-15(9-6-13)21-18(22)16-10-7-14(12-20)11-17(16)19(23)24;1-12(20)9-10-13-5-4-6-14(11-13)19-17(21)15-7-2-3-8-16(15)18(22)23;1-22-10-11-23-14-8-6-13(7-9-14)12-17(19)15-4-2-3-5-16(15)18(20)21;18-9-10-22-12-7-5-11(6-8-12)17-15(19)13-3-1-2-4-14(13)16(20)21/h2*4,6-11H,2-3,5H2,1H3,(H,21,22)(H,23,24);5-11H,2-4H2,1H3,(H,21,22)(H,23,24);2-8,11H,9-10H2,1H3,(H,19,21)(H,22,23);2-9H,10-12H2,1H3,(H,20,21);1-8,18H,9-10H2,(H,17,19)(H,20,21). The van der Waals surface area contributed by atoms with E-state index >= 15 is 0 Å². The zero-order valence-corrected chi connectivity index (χ0v) is 77.3. The number of amides is 5. The molecule has 0 saturated carbocycles. The summed E-state index contributed by atoms with van der Waals surface area (Å²) in [7, 11) is 1.60. The van der Waals surface area contributed by atoms with Gasteiger partial charge in [0.05, 0.1) is 103 Å². The number of rotatable bonds is 38. The lowest BCUT2D eigenvalue weighted by atomic mass is 9.98. The number of benzene rings is 12. The molecular formula is C109H104N8O23. The predicted octanol–water partition coefficient (Wildman–Crippen LogP) is 19.6. The van der Waals surface area contributed by atoms with Gasteiger partial charge in [-0.05, 0) is 237 Å². The Morgan fingerprint density at radius 2 is 0.664 bits per heavy atom. The van der Waals surface area contributed by atoms with Gasteiger partial charge in [-0.25, -0.2) is 28.8 Å². The second-order valence-corrected chi connectivity index (χ2v) is 30.8. The van der Waals surface area contributed by atoms with Gasteiger partial charge in [0.2, 0.25) is 0 Å². The number of hydrogen-bond donors (Lipinski definition) is 12. The van der Waals surface area contributed by atoms with Crippen molar-refractivity contribution < 1.29 is 112 Å². The summed E-state index contributed by atoms with van der Waals surface area (Å²) in [5, 5.41) is 104. The van der Waals surface area contributed by atoms with Crippen LogP contribution >= 0.6 is 0 Å². The Bertz CT molecular complexity index is 6470. The molecule has 0 aliphatic heterocycles. The van der Waals surface area contributed by atoms with Gasteiger partial charge in [0.25, 0.3) is 29.5 Å². The van der Waals surface area contributed by atoms with Crippen molar-refractivity contribution in [3.8, 4) is 29.7 Å². The predicted molar refractivity (Wildman–Crippen MR) is 526 cm³/mol. The maximum absolute atomic E-state index is 12.5. The first-order valence-electron chi connectivity index (χ1n) is 44.1. The number of carbonyl (C=O) groups is 13. The number of hydrogen-bond acceptors (Lipinski definition) is 20. The zero-order chi connectivity index (χ0) is 102. The van der Waals surface area contributed by atoms with Gasteiger partial charge in [-0.15, -0.1) is 0 Å². The molecule has 0 atom stereocenters. The number of ketones is 2. The van der Waals surface area contributed by atoms with Gasteiger partial charge in [-0.3, -0.25) is 28.8 Å². The highest BCUT2D eigenvalue weighted by Crippen LogP contribution is 2.26. The van der Waals surface area contributed by atoms with Gasteiger partial charge in [-0.1, -0.05) is 155 Å². The second kappa shape index (κ2) is 57.7. The van der Waals surface area contributed by atoms with Gasteiger partial charge in [0.1, 0.15) is 36.6 Å². The van der Waals surface area contributed by atoms with Gasteiger partial charge in [-0.2, -0.15) is 15.8 Å². The molecule has 0 spiro atoms. The fourth-order valence-electron chi connectivity index (χ4n) is 13.3. The van der Waals surface area contributed by atoms with Crippen molar-refractivity contribution in [1.29, 1.82) is 15.8 Å². The lowest BCUT2D eigenvalue weighted by molar-refractivity contribution is -0.117. The Hall–Kier alpha value is -17.9. The number of aromatic carboxylic acids is 6. The van der Waals surface area contributed by atoms with E-state index in [1.807, 2.05) is 54.6 Å². The van der Waals surface area contributed by atoms with E-state index in [1.165, 1.54) is 115 Å². The number of Topliss-reactive ketones (excluding diaryl/α,β-unsaturated/α-hetero) is 2. The molecule has 12 aromatic rings. The number of methoxy groups -OCH3 is 1. The number of aryl methyl sites for hydroxylation is 4. The van der Waals surface area contributed by atoms with Crippen molar-refractivity contribution in [3.05, 3.63) is 384 Å². The molecule has 31 heteroatoms. The van der Waals surface area contributed by atoms with E-state index in [0.717, 1.165) is 68.9 Å². The van der Waals surface area contributed by atoms with Gasteiger partial charge < -0.3 is 81.3 Å². The summed E-state index contributed by atoms with van der Waals surface area (Å²) < 4.78 is 15.6. The van der Waals surface area contributed by atoms with Crippen LogP contribution < -0.4 is 36.1 Å². The number of ether oxygens (including phenoxy) is 3. The minimum atomic E-state index is -1.30. The largest absolute Gasteiger partial charge is 0.491 e. The lowest BCUT2D eigenvalue weighted by Crippen LogP contribution is -2.18. The minimum Gasteiger partial charge on any atom is -0.491 e. The number of aliphatic hydroxyl groups excluding tert-OH is 1. The molecule has 0 aromatic heterocycles. The summed E-state index contributed by atoms with van der Waals surface area (Å²) in [6.45, 7) is 9.00. The Labute approximate surface area is 808 Å². The summed E-state index contributed by atoms with van der Waals surface area (Å²) in [4.78, 5) is 152. The van der Waals surface area contributed by atoms with Gasteiger partial charge in [0, 0.05) is 54.0 Å². The molecule has 0 unspecified atom stereocenters. The number of unbranched alkanes of at least 4 members (excludes halogenated alkanes) is 3. The van der Waals surface area contributed by atoms with Crippen molar-refractivity contribution in [2.45, 2.75) is 105 Å². The number of anilines is 5. The molecule has 0 fully saturated rings. The molecule has 0 radical (unpaired) electrons. The number of nitriles is 3. The van der Waals surface area contributed by atoms with E-state index in [-0.39, 0.29) is 115 Å². The smallest absolute Gasteiger partial charge is 0.337 e. The van der Waals surface area contributed by atoms with Crippen LogP contribution in [-0.2, 0) is 41.6 Å². The van der Waals surface area contributed by atoms with Crippen LogP contribution in [0.2, 0.25) is 0 Å². The lowest BCUT2D eigenvalue weighted by Gasteiger charge is -2.10. The Morgan fingerprint density at radius 3 is 1.07 bits per heavy atom. The Kier molecular flexibility index (Phi) is 45.0. The third-order valence-electron chi connectivity index (χ3n) is 20.5. The van der Waals surface area contributed by atoms with Gasteiger partial charge >= 0.3 is 35.8 Å². The van der Waals surface area contributed by atoms with Crippen molar-refractivity contribution in [2.24, 2.45) is 0 Å². The first kappa shape index (κ1) is 109. The molecule has 0 aliphatic rings. The monoisotopic (exact) mass is 1890 g/mol. The number of carboxylic acids is 6. The van der Waals surface area contributed by atoms with Gasteiger partial charge in [0.15, 0.2) is 5.78 Å². The summed E-state index contributed by atoms with van der Waals surface area (Å²) >= 11 is 0. The maximum atomic E-state index is 12.5. The molecular weight excluding hydrogens is 1790 g/mol. The highest BCUT2D eigenvalue weighted by Gasteiger charge is 2.25. The van der Waals surface area contributed by atoms with Crippen LogP contribution in [0.5, 0.6) is 11.5 Å². The third kappa shape index (κ3) is 35.2. The van der Waals surface area contributed by atoms with E-state index in [1.54, 1.807) is 153 Å². The molecule has 140 heavy (non-hydrogen) atoms. The molecule has 31 nitrogen and oxygen atoms in total. The van der Waals surface area contributed by atoms with Crippen LogP contribution in [0.25, 0.3) is 0 Å². The summed E-state index contributed by atoms with van der Waals surface area (Å²) in [6.07, 6.45) is 10.8. The SMILES string of the molecule is CC(=O)CCc1cccc(NC(=O)c2ccccc2C(=O)O)c1.CCCCc1ccc(NC(=O)c2c(C#N)cccc2C(=O)O)cc1.CCCCc1ccc(NC(=O)c2ccc(C#N)cc2C(=O)O)cc1.CCCCc1ccc(NC(=O)c2cccc(C#N)c2C(=O)O)cc1.COCCOc1ccc(CC(=O)c2ccccc2C(=O)O)cc1.O=C(O)c1ccccc1C(=O)Nc1ccc(OCCO)cc1. The fourth-order valence-corrected chi connectivity index (χ4v) is 13.3. The Morgan fingerprint density at radius 1 is 0.307 bits per heavy atom. The zero-order valence-electron chi connectivity index (χ0n) is 77.3. The molecule has 718 valence electrons. The van der Waals surface area contributed by atoms with Crippen LogP contribution in [-0.4, -0.2) is 146 Å². The average molecular weight is 1890 g/mol. The van der Waals surface area contributed by atoms with E-state index in [0.29, 0.717) is 66.0 Å². The summed E-state index contributed by atoms with van der Waals surface area (Å²) in [6, 6.07) is 79.5.